The fourth-order valence-corrected chi connectivity index (χ4v) is 5.69. The highest BCUT2D eigenvalue weighted by Crippen LogP contribution is 2.31. The van der Waals surface area contributed by atoms with Gasteiger partial charge in [-0.3, -0.25) is 0 Å². The first kappa shape index (κ1) is 24.6. The van der Waals surface area contributed by atoms with Gasteiger partial charge in [0, 0.05) is 8.95 Å². The van der Waals surface area contributed by atoms with E-state index in [9.17, 15) is 16.8 Å². The molecule has 0 unspecified atom stereocenters. The Morgan fingerprint density at radius 2 is 1.06 bits per heavy atom. The second-order valence-corrected chi connectivity index (χ2v) is 12.1. The number of benzene rings is 2. The molecule has 0 spiro atoms. The fourth-order valence-electron chi connectivity index (χ4n) is 2.29. The number of hydrogen-bond acceptors (Lipinski definition) is 4. The maximum atomic E-state index is 12.6. The van der Waals surface area contributed by atoms with Crippen LogP contribution in [0.3, 0.4) is 0 Å². The Balaban J connectivity index is 2.04. The van der Waals surface area contributed by atoms with Crippen molar-refractivity contribution in [3.05, 3.63) is 78.6 Å². The van der Waals surface area contributed by atoms with E-state index in [2.05, 4.69) is 40.7 Å². The van der Waals surface area contributed by atoms with Crippen LogP contribution in [-0.4, -0.2) is 28.3 Å². The molecule has 1 aliphatic carbocycles. The number of nitrogens with zero attached hydrogens (tertiary/aromatic N) is 2. The minimum Gasteiger partial charge on any atom is -0.199 e. The molecule has 0 aliphatic heterocycles. The highest BCUT2D eigenvalue weighted by atomic mass is 79.9. The lowest BCUT2D eigenvalue weighted by molar-refractivity contribution is 0.596. The van der Waals surface area contributed by atoms with Crippen LogP contribution < -0.4 is 0 Å². The van der Waals surface area contributed by atoms with Crippen molar-refractivity contribution in [3.8, 4) is 0 Å². The number of allylic oxidation sites excluding steroid dienone is 4. The van der Waals surface area contributed by atoms with Gasteiger partial charge in [-0.05, 0) is 54.6 Å². The van der Waals surface area contributed by atoms with Crippen LogP contribution in [0.15, 0.2) is 97.2 Å². The molecule has 162 valence electrons. The van der Waals surface area contributed by atoms with Crippen LogP contribution in [0, 0.1) is 0 Å². The van der Waals surface area contributed by atoms with Crippen molar-refractivity contribution in [1.29, 1.82) is 0 Å². The van der Waals surface area contributed by atoms with E-state index in [1.54, 1.807) is 12.1 Å². The topological polar surface area (TPSA) is 93.0 Å². The van der Waals surface area contributed by atoms with E-state index in [0.29, 0.717) is 8.95 Å². The lowest BCUT2D eigenvalue weighted by Crippen LogP contribution is -2.16. The van der Waals surface area contributed by atoms with Crippen LogP contribution >= 0.6 is 66.7 Å². The van der Waals surface area contributed by atoms with Crippen molar-refractivity contribution in [2.24, 2.45) is 8.80 Å². The maximum Gasteiger partial charge on any atom is 0.282 e. The molecular weight excluding hydrogens is 639 g/mol. The molecule has 0 radical (unpaired) electrons. The van der Waals surface area contributed by atoms with E-state index in [1.807, 2.05) is 0 Å². The summed E-state index contributed by atoms with van der Waals surface area (Å²) in [5.41, 5.74) is -0.573. The van der Waals surface area contributed by atoms with Gasteiger partial charge in [0.1, 0.15) is 5.71 Å². The van der Waals surface area contributed by atoms with Crippen molar-refractivity contribution in [2.45, 2.75) is 9.79 Å². The first-order valence-electron chi connectivity index (χ1n) is 8.05. The van der Waals surface area contributed by atoms with Crippen LogP contribution in [0.4, 0.5) is 0 Å². The molecule has 0 amide bonds. The third-order valence-electron chi connectivity index (χ3n) is 3.77. The Kier molecular flexibility index (Phi) is 7.52. The zero-order chi connectivity index (χ0) is 23.0. The van der Waals surface area contributed by atoms with Crippen LogP contribution in [0.1, 0.15) is 0 Å². The number of rotatable bonds is 4. The molecule has 2 aromatic carbocycles. The summed E-state index contributed by atoms with van der Waals surface area (Å²) < 4.78 is 59.0. The third-order valence-corrected chi connectivity index (χ3v) is 8.56. The molecule has 1 aliphatic rings. The molecule has 3 rings (SSSR count). The first-order chi connectivity index (χ1) is 14.4. The van der Waals surface area contributed by atoms with Gasteiger partial charge >= 0.3 is 0 Å². The Hall–Kier alpha value is -1.01. The monoisotopic (exact) mass is 644 g/mol. The standard InChI is InChI=1S/C18H9Br2Cl3N2O4S2/c19-10-1-5-12(6-2-10)30(26,27)24-15-9-14(21)18(17(23)16(15)22)25-31(28,29)13-7-3-11(20)4-8-13/h1-9H/b24-15+,25-18-. The van der Waals surface area contributed by atoms with Crippen LogP contribution in [-0.2, 0) is 20.0 Å². The Bertz CT molecular complexity index is 1380. The molecule has 13 heteroatoms. The number of sulfonamides is 2. The number of halogens is 5. The summed E-state index contributed by atoms with van der Waals surface area (Å²) in [4.78, 5) is -0.170. The first-order valence-corrected chi connectivity index (χ1v) is 13.7. The molecule has 0 saturated heterocycles. The summed E-state index contributed by atoms with van der Waals surface area (Å²) in [5, 5.41) is -0.893. The Morgan fingerprint density at radius 1 is 0.645 bits per heavy atom. The molecule has 6 nitrogen and oxygen atoms in total. The molecule has 0 aromatic heterocycles. The molecule has 0 fully saturated rings. The minimum absolute atomic E-state index is 0.0782. The molecule has 0 bridgehead atoms. The van der Waals surface area contributed by atoms with Gasteiger partial charge in [0.25, 0.3) is 20.0 Å². The van der Waals surface area contributed by atoms with Gasteiger partial charge in [-0.2, -0.15) is 25.6 Å². The van der Waals surface area contributed by atoms with Gasteiger partial charge < -0.3 is 0 Å². The van der Waals surface area contributed by atoms with Crippen LogP contribution in [0.5, 0.6) is 0 Å². The van der Waals surface area contributed by atoms with Crippen LogP contribution in [0.2, 0.25) is 0 Å². The third kappa shape index (κ3) is 5.68. The molecule has 2 aromatic rings. The smallest absolute Gasteiger partial charge is 0.199 e. The number of hydrogen-bond donors (Lipinski definition) is 0. The van der Waals surface area contributed by atoms with E-state index in [4.69, 9.17) is 34.8 Å². The Labute approximate surface area is 210 Å². The van der Waals surface area contributed by atoms with E-state index in [0.717, 1.165) is 6.08 Å². The van der Waals surface area contributed by atoms with Crippen molar-refractivity contribution < 1.29 is 16.8 Å². The summed E-state index contributed by atoms with van der Waals surface area (Å²) in [7, 11) is -8.30. The largest absolute Gasteiger partial charge is 0.282 e. The van der Waals surface area contributed by atoms with Crippen molar-refractivity contribution >= 4 is 98.1 Å². The molecule has 0 atom stereocenters. The predicted molar refractivity (Wildman–Crippen MR) is 130 cm³/mol. The SMILES string of the molecule is O=S(=O)(/N=C1C(Cl)=C/C(=N\S(=O)(=O)c2ccc(Br)cc2)C(Cl)=C/1Cl)c1ccc(Br)cc1. The minimum atomic E-state index is -4.16. The average Bonchev–Trinajstić information content (AvgIpc) is 2.70. The van der Waals surface area contributed by atoms with E-state index in [1.165, 1.54) is 36.4 Å². The second-order valence-electron chi connectivity index (χ2n) is 5.89. The van der Waals surface area contributed by atoms with Crippen molar-refractivity contribution in [3.63, 3.8) is 0 Å². The average molecular weight is 648 g/mol. The van der Waals surface area contributed by atoms with Gasteiger partial charge in [0.2, 0.25) is 0 Å². The molecule has 0 saturated carbocycles. The summed E-state index contributed by atoms with van der Waals surface area (Å²) in [6.45, 7) is 0. The quantitative estimate of drug-likeness (QED) is 0.381. The summed E-state index contributed by atoms with van der Waals surface area (Å²) >= 11 is 24.9. The van der Waals surface area contributed by atoms with Crippen molar-refractivity contribution in [2.75, 3.05) is 0 Å². The van der Waals surface area contributed by atoms with Crippen LogP contribution in [0.25, 0.3) is 0 Å². The summed E-state index contributed by atoms with van der Waals surface area (Å²) in [6, 6.07) is 11.6. The zero-order valence-electron chi connectivity index (χ0n) is 14.9. The Morgan fingerprint density at radius 3 is 1.52 bits per heavy atom. The molecule has 0 heterocycles. The van der Waals surface area contributed by atoms with Crippen molar-refractivity contribution in [1.82, 2.24) is 0 Å². The van der Waals surface area contributed by atoms with E-state index in [-0.39, 0.29) is 36.3 Å². The molecule has 0 N–H and O–H groups in total. The summed E-state index contributed by atoms with van der Waals surface area (Å²) in [5.74, 6) is 0. The molecule has 31 heavy (non-hydrogen) atoms. The van der Waals surface area contributed by atoms with E-state index >= 15 is 0 Å². The lowest BCUT2D eigenvalue weighted by atomic mass is 10.1. The zero-order valence-corrected chi connectivity index (χ0v) is 22.0. The predicted octanol–water partition coefficient (Wildman–Crippen LogP) is 6.00. The van der Waals surface area contributed by atoms with Gasteiger partial charge in [-0.25, -0.2) is 0 Å². The van der Waals surface area contributed by atoms with Gasteiger partial charge in [-0.15, -0.1) is 0 Å². The lowest BCUT2D eigenvalue weighted by Gasteiger charge is -2.14. The highest BCUT2D eigenvalue weighted by molar-refractivity contribution is 9.10. The summed E-state index contributed by atoms with van der Waals surface area (Å²) in [6.07, 6.45) is 1.09. The highest BCUT2D eigenvalue weighted by Gasteiger charge is 2.27. The van der Waals surface area contributed by atoms with E-state index < -0.39 is 20.0 Å². The second kappa shape index (κ2) is 9.46. The fraction of sp³-hybridized carbons (Fsp3) is 0. The van der Waals surface area contributed by atoms with Gasteiger partial charge in [0.05, 0.1) is 30.6 Å². The van der Waals surface area contributed by atoms with Gasteiger partial charge in [-0.1, -0.05) is 66.7 Å². The normalized spacial score (nSPS) is 17.9. The molecular formula is C18H9Br2Cl3N2O4S2. The maximum absolute atomic E-state index is 12.6. The van der Waals surface area contributed by atoms with Gasteiger partial charge in [0.15, 0.2) is 0 Å².